The maximum absolute atomic E-state index is 14.1. The lowest BCUT2D eigenvalue weighted by Crippen LogP contribution is -2.43. The topological polar surface area (TPSA) is 86.6 Å². The number of esters is 2. The van der Waals surface area contributed by atoms with Crippen molar-refractivity contribution in [1.82, 2.24) is 9.88 Å². The lowest BCUT2D eigenvalue weighted by molar-refractivity contribution is -0.151. The smallest absolute Gasteiger partial charge is 0.336 e. The van der Waals surface area contributed by atoms with E-state index in [1.807, 2.05) is 32.0 Å². The van der Waals surface area contributed by atoms with E-state index in [1.165, 1.54) is 7.11 Å². The van der Waals surface area contributed by atoms with Crippen LogP contribution in [0.4, 0.5) is 0 Å². The van der Waals surface area contributed by atoms with Gasteiger partial charge in [-0.3, -0.25) is 9.59 Å². The number of carbonyl (C=O) groups excluding carboxylic acids is 3. The van der Waals surface area contributed by atoms with Crippen molar-refractivity contribution >= 4 is 51.3 Å². The van der Waals surface area contributed by atoms with E-state index in [0.29, 0.717) is 29.0 Å². The maximum atomic E-state index is 14.1. The molecule has 40 heavy (non-hydrogen) atoms. The van der Waals surface area contributed by atoms with E-state index in [1.54, 1.807) is 11.8 Å². The number of nitrogens with zero attached hydrogens (tertiary/aromatic N) is 1. The monoisotopic (exact) mass is 560 g/mol. The van der Waals surface area contributed by atoms with E-state index in [0.717, 1.165) is 45.4 Å². The fourth-order valence-electron chi connectivity index (χ4n) is 6.29. The highest BCUT2D eigenvalue weighted by Crippen LogP contribution is 2.46. The van der Waals surface area contributed by atoms with Gasteiger partial charge in [-0.25, -0.2) is 4.79 Å². The van der Waals surface area contributed by atoms with Gasteiger partial charge in [0, 0.05) is 57.0 Å². The number of rotatable bonds is 8. The first-order valence-electron chi connectivity index (χ1n) is 13.9. The summed E-state index contributed by atoms with van der Waals surface area (Å²) < 4.78 is 13.0. The van der Waals surface area contributed by atoms with Crippen LogP contribution in [0.15, 0.2) is 65.0 Å². The summed E-state index contributed by atoms with van der Waals surface area (Å²) in [5.41, 5.74) is 5.33. The Hall–Kier alpha value is -3.52. The molecule has 8 heteroatoms. The number of allylic oxidation sites excluding steroid dienone is 3. The van der Waals surface area contributed by atoms with Crippen molar-refractivity contribution in [3.63, 3.8) is 0 Å². The first kappa shape index (κ1) is 28.0. The number of nitrogens with one attached hydrogen (secondary N) is 1. The predicted molar refractivity (Wildman–Crippen MR) is 159 cm³/mol. The molecule has 3 atom stereocenters. The molecule has 0 amide bonds. The van der Waals surface area contributed by atoms with Crippen LogP contribution in [-0.2, 0) is 30.4 Å². The zero-order valence-electron chi connectivity index (χ0n) is 23.7. The van der Waals surface area contributed by atoms with Crippen LogP contribution in [0.3, 0.4) is 0 Å². The molecule has 0 unspecified atom stereocenters. The summed E-state index contributed by atoms with van der Waals surface area (Å²) in [5, 5.41) is 5.51. The Labute approximate surface area is 239 Å². The van der Waals surface area contributed by atoms with Crippen LogP contribution in [0.1, 0.15) is 45.6 Å². The number of dihydropyridines is 1. The molecule has 1 aliphatic heterocycles. The van der Waals surface area contributed by atoms with Gasteiger partial charge in [0.2, 0.25) is 0 Å². The highest BCUT2D eigenvalue weighted by molar-refractivity contribution is 7.99. The van der Waals surface area contributed by atoms with Crippen LogP contribution in [0, 0.1) is 11.8 Å². The molecule has 5 rings (SSSR count). The van der Waals surface area contributed by atoms with Crippen LogP contribution in [-0.4, -0.2) is 47.5 Å². The van der Waals surface area contributed by atoms with Crippen LogP contribution >= 0.6 is 11.8 Å². The number of benzene rings is 2. The molecule has 2 heterocycles. The van der Waals surface area contributed by atoms with Gasteiger partial charge in [0.1, 0.15) is 12.5 Å². The minimum atomic E-state index is -0.921. The van der Waals surface area contributed by atoms with Gasteiger partial charge in [-0.1, -0.05) is 38.1 Å². The third-order valence-electron chi connectivity index (χ3n) is 8.07. The molecule has 0 saturated heterocycles. The predicted octanol–water partition coefficient (Wildman–Crippen LogP) is 5.72. The van der Waals surface area contributed by atoms with Crippen LogP contribution in [0.25, 0.3) is 21.8 Å². The molecular weight excluding hydrogens is 524 g/mol. The average molecular weight is 561 g/mol. The lowest BCUT2D eigenvalue weighted by Gasteiger charge is -2.38. The second-order valence-corrected chi connectivity index (χ2v) is 11.8. The standard InChI is InChI=1S/C32H36N2O5S/c1-6-34-24-11-9-8-10-21(24)22-17-20(12-13-25(22)34)28-27(32(37)39-14-15-40-7-2)19(4)33-23-16-18(3)26(31(36)38-5)30(35)29(23)28/h8-13,17-18,26,28,33H,6-7,14-16H2,1-5H3/t18-,26+,28-/m0/s1. The highest BCUT2D eigenvalue weighted by atomic mass is 32.2. The Morgan fingerprint density at radius 2 is 1.85 bits per heavy atom. The molecule has 3 aromatic rings. The Kier molecular flexibility index (Phi) is 8.08. The third kappa shape index (κ3) is 4.72. The molecular formula is C32H36N2O5S. The molecule has 1 N–H and O–H groups in total. The van der Waals surface area contributed by atoms with Gasteiger partial charge in [-0.15, -0.1) is 0 Å². The molecule has 0 radical (unpaired) electrons. The molecule has 1 aromatic heterocycles. The van der Waals surface area contributed by atoms with E-state index in [-0.39, 0.29) is 18.3 Å². The SMILES string of the molecule is CCSCCOC(=O)C1=C(C)NC2=C(C(=O)[C@H](C(=O)OC)[C@@H](C)C2)[C@H]1c1ccc2c(c1)c1ccccc1n2CC. The maximum Gasteiger partial charge on any atom is 0.336 e. The van der Waals surface area contributed by atoms with E-state index in [4.69, 9.17) is 9.47 Å². The molecule has 0 bridgehead atoms. The summed E-state index contributed by atoms with van der Waals surface area (Å²) in [7, 11) is 1.31. The number of ketones is 1. The van der Waals surface area contributed by atoms with Crippen LogP contribution in [0.5, 0.6) is 0 Å². The first-order valence-corrected chi connectivity index (χ1v) is 15.1. The Morgan fingerprint density at radius 1 is 1.10 bits per heavy atom. The number of aryl methyl sites for hydroxylation is 1. The number of Topliss-reactive ketones (excluding diaryl/α,β-unsaturated/α-hetero) is 1. The van der Waals surface area contributed by atoms with Crippen molar-refractivity contribution in [3.05, 3.63) is 70.6 Å². The van der Waals surface area contributed by atoms with Gasteiger partial charge >= 0.3 is 11.9 Å². The number of carbonyl (C=O) groups is 3. The van der Waals surface area contributed by atoms with Crippen molar-refractivity contribution in [2.75, 3.05) is 25.2 Å². The second-order valence-electron chi connectivity index (χ2n) is 10.4. The van der Waals surface area contributed by atoms with Crippen molar-refractivity contribution in [2.24, 2.45) is 11.8 Å². The summed E-state index contributed by atoms with van der Waals surface area (Å²) in [4.78, 5) is 40.5. The number of methoxy groups -OCH3 is 1. The fraction of sp³-hybridized carbons (Fsp3) is 0.406. The molecule has 0 saturated carbocycles. The molecule has 210 valence electrons. The number of aromatic nitrogens is 1. The number of fused-ring (bicyclic) bond motifs is 3. The van der Waals surface area contributed by atoms with Crippen molar-refractivity contribution in [2.45, 2.75) is 46.6 Å². The van der Waals surface area contributed by atoms with Gasteiger partial charge in [0.15, 0.2) is 5.78 Å². The molecule has 7 nitrogen and oxygen atoms in total. The summed E-state index contributed by atoms with van der Waals surface area (Å²) in [5.74, 6) is -1.47. The first-order chi connectivity index (χ1) is 19.3. The molecule has 0 fully saturated rings. The van der Waals surface area contributed by atoms with E-state index in [2.05, 4.69) is 48.0 Å². The molecule has 2 aromatic carbocycles. The number of para-hydroxylation sites is 1. The van der Waals surface area contributed by atoms with Crippen molar-refractivity contribution < 1.29 is 23.9 Å². The minimum absolute atomic E-state index is 0.232. The number of thioether (sulfide) groups is 1. The van der Waals surface area contributed by atoms with Gasteiger partial charge in [-0.2, -0.15) is 11.8 Å². The quantitative estimate of drug-likeness (QED) is 0.214. The van der Waals surface area contributed by atoms with Gasteiger partial charge in [-0.05, 0) is 55.7 Å². The Morgan fingerprint density at radius 3 is 2.58 bits per heavy atom. The summed E-state index contributed by atoms with van der Waals surface area (Å²) >= 11 is 1.70. The molecule has 0 spiro atoms. The normalized spacial score (nSPS) is 21.0. The Bertz CT molecular complexity index is 1570. The minimum Gasteiger partial charge on any atom is -0.468 e. The second kappa shape index (κ2) is 11.5. The Balaban J connectivity index is 1.68. The zero-order chi connectivity index (χ0) is 28.6. The van der Waals surface area contributed by atoms with E-state index in [9.17, 15) is 14.4 Å². The summed E-state index contributed by atoms with van der Waals surface area (Å²) in [6.45, 7) is 9.03. The van der Waals surface area contributed by atoms with Gasteiger partial charge in [0.05, 0.1) is 12.7 Å². The van der Waals surface area contributed by atoms with Gasteiger partial charge < -0.3 is 19.4 Å². The van der Waals surface area contributed by atoms with Crippen LogP contribution < -0.4 is 5.32 Å². The van der Waals surface area contributed by atoms with E-state index >= 15 is 0 Å². The number of hydrogen-bond acceptors (Lipinski definition) is 7. The number of hydrogen-bond donors (Lipinski definition) is 1. The zero-order valence-corrected chi connectivity index (χ0v) is 24.5. The van der Waals surface area contributed by atoms with Gasteiger partial charge in [0.25, 0.3) is 0 Å². The van der Waals surface area contributed by atoms with Crippen molar-refractivity contribution in [1.29, 1.82) is 0 Å². The summed E-state index contributed by atoms with van der Waals surface area (Å²) in [6.07, 6.45) is 0.502. The molecule has 1 aliphatic carbocycles. The average Bonchev–Trinajstić information content (AvgIpc) is 3.27. The van der Waals surface area contributed by atoms with Crippen molar-refractivity contribution in [3.8, 4) is 0 Å². The fourth-order valence-corrected chi connectivity index (χ4v) is 6.78. The third-order valence-corrected chi connectivity index (χ3v) is 8.94. The molecule has 2 aliphatic rings. The van der Waals surface area contributed by atoms with E-state index < -0.39 is 23.8 Å². The largest absolute Gasteiger partial charge is 0.468 e. The number of ether oxygens (including phenoxy) is 2. The lowest BCUT2D eigenvalue weighted by atomic mass is 9.69. The summed E-state index contributed by atoms with van der Waals surface area (Å²) in [6, 6.07) is 14.4. The highest BCUT2D eigenvalue weighted by Gasteiger charge is 2.47. The van der Waals surface area contributed by atoms with Crippen LogP contribution in [0.2, 0.25) is 0 Å².